The first-order valence-corrected chi connectivity index (χ1v) is 6.76. The van der Waals surface area contributed by atoms with Crippen molar-refractivity contribution in [2.45, 2.75) is 44.5 Å². The van der Waals surface area contributed by atoms with Crippen molar-refractivity contribution in [3.63, 3.8) is 0 Å². The van der Waals surface area contributed by atoms with Crippen LogP contribution in [0.1, 0.15) is 26.7 Å². The molecule has 4 heteroatoms. The van der Waals surface area contributed by atoms with Crippen LogP contribution in [0.3, 0.4) is 0 Å². The van der Waals surface area contributed by atoms with E-state index in [9.17, 15) is 9.59 Å². The predicted molar refractivity (Wildman–Crippen MR) is 66.2 cm³/mol. The molecule has 0 radical (unpaired) electrons. The van der Waals surface area contributed by atoms with Crippen molar-refractivity contribution in [2.75, 3.05) is 0 Å². The van der Waals surface area contributed by atoms with Crippen molar-refractivity contribution in [3.8, 4) is 0 Å². The van der Waals surface area contributed by atoms with Gasteiger partial charge in [-0.2, -0.15) is 0 Å². The van der Waals surface area contributed by atoms with Crippen molar-refractivity contribution in [2.24, 2.45) is 11.8 Å². The number of epoxide rings is 1. The number of Topliss-reactive ketones (excluding diaryl/α,β-unsaturated/α-hetero) is 1. The van der Waals surface area contributed by atoms with Crippen molar-refractivity contribution in [1.29, 1.82) is 0 Å². The van der Waals surface area contributed by atoms with Gasteiger partial charge in [-0.1, -0.05) is 12.2 Å². The molecule has 0 aromatic carbocycles. The fraction of sp³-hybridized carbons (Fsp3) is 0.600. The number of allylic oxidation sites excluding steroid dienone is 1. The molecule has 0 unspecified atom stereocenters. The van der Waals surface area contributed by atoms with Crippen LogP contribution in [-0.4, -0.2) is 29.6 Å². The highest BCUT2D eigenvalue weighted by Crippen LogP contribution is 2.60. The molecule has 0 bridgehead atoms. The molecule has 0 aromatic heterocycles. The lowest BCUT2D eigenvalue weighted by Crippen LogP contribution is -2.35. The Labute approximate surface area is 111 Å². The molecule has 2 aliphatic heterocycles. The molecule has 3 fully saturated rings. The molecule has 2 saturated heterocycles. The van der Waals surface area contributed by atoms with Crippen LogP contribution in [0, 0.1) is 11.8 Å². The molecule has 0 N–H and O–H groups in total. The summed E-state index contributed by atoms with van der Waals surface area (Å²) in [7, 11) is 0. The number of carbonyl (C=O) groups excluding carboxylic acids is 2. The maximum absolute atomic E-state index is 12.4. The number of rotatable bonds is 0. The summed E-state index contributed by atoms with van der Waals surface area (Å²) in [6, 6.07) is 0. The van der Waals surface area contributed by atoms with E-state index in [0.29, 0.717) is 5.57 Å². The summed E-state index contributed by atoms with van der Waals surface area (Å²) in [5, 5.41) is 0. The lowest BCUT2D eigenvalue weighted by molar-refractivity contribution is -0.142. The van der Waals surface area contributed by atoms with E-state index in [4.69, 9.17) is 9.47 Å². The Morgan fingerprint density at radius 2 is 2.11 bits per heavy atom. The largest absolute Gasteiger partial charge is 0.458 e. The second-order valence-electron chi connectivity index (χ2n) is 6.26. The maximum atomic E-state index is 12.4. The summed E-state index contributed by atoms with van der Waals surface area (Å²) in [5.41, 5.74) is 2.07. The number of hydrogen-bond donors (Lipinski definition) is 0. The van der Waals surface area contributed by atoms with Gasteiger partial charge in [-0.15, -0.1) is 0 Å². The van der Waals surface area contributed by atoms with Crippen LogP contribution in [-0.2, 0) is 19.1 Å². The van der Waals surface area contributed by atoms with Gasteiger partial charge in [0.05, 0.1) is 5.92 Å². The molecule has 19 heavy (non-hydrogen) atoms. The maximum Gasteiger partial charge on any atom is 0.334 e. The number of hydrogen-bond acceptors (Lipinski definition) is 4. The standard InChI is InChI=1S/C15H16O4/c1-6-4-5-8-7(2)14(17)18-12(8)10-9(6)11(16)13-15(10,3)19-13/h8,10,12-13H,2,4-5H2,1,3H3/t8-,10-,12-,13+,15-/m0/s1. The van der Waals surface area contributed by atoms with Crippen molar-refractivity contribution in [1.82, 2.24) is 0 Å². The number of carbonyl (C=O) groups is 2. The molecule has 0 aromatic rings. The predicted octanol–water partition coefficient (Wildman–Crippen LogP) is 1.55. The van der Waals surface area contributed by atoms with E-state index >= 15 is 0 Å². The highest BCUT2D eigenvalue weighted by molar-refractivity contribution is 6.07. The normalized spacial score (nSPS) is 47.6. The first-order valence-electron chi connectivity index (χ1n) is 6.76. The first-order chi connectivity index (χ1) is 8.95. The summed E-state index contributed by atoms with van der Waals surface area (Å²) in [5.74, 6) is -0.300. The van der Waals surface area contributed by atoms with Crippen LogP contribution >= 0.6 is 0 Å². The van der Waals surface area contributed by atoms with E-state index in [0.717, 1.165) is 24.0 Å². The van der Waals surface area contributed by atoms with E-state index in [1.54, 1.807) is 0 Å². The second kappa shape index (κ2) is 3.18. The fourth-order valence-electron chi connectivity index (χ4n) is 4.09. The van der Waals surface area contributed by atoms with Gasteiger partial charge in [0.15, 0.2) is 11.9 Å². The van der Waals surface area contributed by atoms with Crippen LogP contribution < -0.4 is 0 Å². The third-order valence-electron chi connectivity index (χ3n) is 5.24. The highest BCUT2D eigenvalue weighted by Gasteiger charge is 2.73. The highest BCUT2D eigenvalue weighted by atomic mass is 16.6. The number of ether oxygens (including phenoxy) is 2. The Morgan fingerprint density at radius 3 is 2.84 bits per heavy atom. The summed E-state index contributed by atoms with van der Waals surface area (Å²) >= 11 is 0. The molecular weight excluding hydrogens is 244 g/mol. The number of ketones is 1. The van der Waals surface area contributed by atoms with Gasteiger partial charge in [-0.25, -0.2) is 4.79 Å². The van der Waals surface area contributed by atoms with Gasteiger partial charge in [-0.3, -0.25) is 4.79 Å². The van der Waals surface area contributed by atoms with Crippen LogP contribution in [0.25, 0.3) is 0 Å². The van der Waals surface area contributed by atoms with E-state index < -0.39 is 5.60 Å². The van der Waals surface area contributed by atoms with Crippen LogP contribution in [0.4, 0.5) is 0 Å². The third kappa shape index (κ3) is 1.18. The smallest absolute Gasteiger partial charge is 0.334 e. The molecule has 4 rings (SSSR count). The molecule has 2 heterocycles. The quantitative estimate of drug-likeness (QED) is 0.377. The molecule has 0 spiro atoms. The minimum absolute atomic E-state index is 0.0255. The van der Waals surface area contributed by atoms with Gasteiger partial charge in [0.25, 0.3) is 0 Å². The first kappa shape index (κ1) is 11.4. The topological polar surface area (TPSA) is 55.9 Å². The van der Waals surface area contributed by atoms with Gasteiger partial charge in [0.1, 0.15) is 11.7 Å². The molecule has 4 nitrogen and oxygen atoms in total. The lowest BCUT2D eigenvalue weighted by atomic mass is 9.81. The third-order valence-corrected chi connectivity index (χ3v) is 5.24. The van der Waals surface area contributed by atoms with Crippen LogP contribution in [0.15, 0.2) is 23.3 Å². The molecule has 1 saturated carbocycles. The lowest BCUT2D eigenvalue weighted by Gasteiger charge is -2.26. The Morgan fingerprint density at radius 1 is 1.37 bits per heavy atom. The van der Waals surface area contributed by atoms with Crippen molar-refractivity contribution in [3.05, 3.63) is 23.3 Å². The zero-order valence-electron chi connectivity index (χ0n) is 11.1. The summed E-state index contributed by atoms with van der Waals surface area (Å²) in [6.07, 6.45) is 1.06. The Hall–Kier alpha value is -1.42. The zero-order chi connectivity index (χ0) is 13.5. The van der Waals surface area contributed by atoms with Crippen LogP contribution in [0.5, 0.6) is 0 Å². The van der Waals surface area contributed by atoms with Crippen molar-refractivity contribution >= 4 is 11.8 Å². The fourth-order valence-corrected chi connectivity index (χ4v) is 4.09. The Kier molecular flexibility index (Phi) is 1.91. The van der Waals surface area contributed by atoms with Gasteiger partial charge in [-0.05, 0) is 26.7 Å². The summed E-state index contributed by atoms with van der Waals surface area (Å²) in [4.78, 5) is 24.1. The molecule has 2 aliphatic carbocycles. The van der Waals surface area contributed by atoms with Crippen molar-refractivity contribution < 1.29 is 19.1 Å². The van der Waals surface area contributed by atoms with E-state index in [1.165, 1.54) is 0 Å². The van der Waals surface area contributed by atoms with E-state index in [2.05, 4.69) is 6.58 Å². The Balaban J connectivity index is 1.86. The van der Waals surface area contributed by atoms with Crippen LogP contribution in [0.2, 0.25) is 0 Å². The molecule has 0 amide bonds. The Bertz CT molecular complexity index is 573. The SMILES string of the molecule is C=C1C(=O)O[C@H]2[C@H]1CCC(C)=C1C(=O)[C@H]3O[C@@]3(C)[C@@H]12. The van der Waals surface area contributed by atoms with Gasteiger partial charge in [0, 0.05) is 17.1 Å². The van der Waals surface area contributed by atoms with E-state index in [-0.39, 0.29) is 35.8 Å². The molecular formula is C15H16O4. The summed E-state index contributed by atoms with van der Waals surface area (Å²) < 4.78 is 11.1. The average molecular weight is 260 g/mol. The molecule has 5 atom stereocenters. The minimum atomic E-state index is -0.466. The second-order valence-corrected chi connectivity index (χ2v) is 6.26. The number of fused-ring (bicyclic) bond motifs is 5. The molecule has 4 aliphatic rings. The summed E-state index contributed by atoms with van der Waals surface area (Å²) in [6.45, 7) is 7.83. The van der Waals surface area contributed by atoms with E-state index in [1.807, 2.05) is 13.8 Å². The minimum Gasteiger partial charge on any atom is -0.458 e. The average Bonchev–Trinajstić information content (AvgIpc) is 2.94. The monoisotopic (exact) mass is 260 g/mol. The zero-order valence-corrected chi connectivity index (χ0v) is 11.1. The van der Waals surface area contributed by atoms with Gasteiger partial charge >= 0.3 is 5.97 Å². The van der Waals surface area contributed by atoms with Gasteiger partial charge < -0.3 is 9.47 Å². The number of esters is 1. The molecule has 100 valence electrons. The van der Waals surface area contributed by atoms with Gasteiger partial charge in [0.2, 0.25) is 0 Å².